The predicted molar refractivity (Wildman–Crippen MR) is 137 cm³/mol. The number of aliphatic hydroxyl groups is 1. The van der Waals surface area contributed by atoms with Gasteiger partial charge in [-0.2, -0.15) is 0 Å². The average Bonchev–Trinajstić information content (AvgIpc) is 3.25. The Morgan fingerprint density at radius 3 is 2.23 bits per heavy atom. The third kappa shape index (κ3) is 6.25. The van der Waals surface area contributed by atoms with Crippen LogP contribution in [-0.4, -0.2) is 22.8 Å². The molecule has 0 saturated heterocycles. The molecular formula is C30H31NO4. The molecule has 0 aliphatic rings. The fourth-order valence-electron chi connectivity index (χ4n) is 4.23. The van der Waals surface area contributed by atoms with Gasteiger partial charge in [-0.05, 0) is 55.4 Å². The molecule has 0 fully saturated rings. The van der Waals surface area contributed by atoms with Gasteiger partial charge in [-0.15, -0.1) is 0 Å². The Morgan fingerprint density at radius 1 is 0.943 bits per heavy atom. The number of carbonyl (C=O) groups excluding carboxylic acids is 1. The van der Waals surface area contributed by atoms with E-state index in [1.54, 1.807) is 0 Å². The third-order valence-corrected chi connectivity index (χ3v) is 6.16. The van der Waals surface area contributed by atoms with E-state index in [1.165, 1.54) is 0 Å². The second-order valence-corrected chi connectivity index (χ2v) is 8.65. The summed E-state index contributed by atoms with van der Waals surface area (Å²) in [5.41, 5.74) is 6.99. The molecule has 3 aromatic carbocycles. The van der Waals surface area contributed by atoms with Crippen molar-refractivity contribution in [1.29, 1.82) is 0 Å². The van der Waals surface area contributed by atoms with Crippen LogP contribution in [0.1, 0.15) is 48.3 Å². The summed E-state index contributed by atoms with van der Waals surface area (Å²) < 4.78 is 10.7. The van der Waals surface area contributed by atoms with Crippen molar-refractivity contribution in [2.75, 3.05) is 6.61 Å². The summed E-state index contributed by atoms with van der Waals surface area (Å²) in [4.78, 5) is 11.7. The molecule has 5 nitrogen and oxygen atoms in total. The van der Waals surface area contributed by atoms with Crippen LogP contribution in [0.25, 0.3) is 22.5 Å². The number of hydrogen-bond donors (Lipinski definition) is 1. The van der Waals surface area contributed by atoms with Gasteiger partial charge in [0.05, 0.1) is 24.8 Å². The molecule has 1 atom stereocenters. The molecule has 1 unspecified atom stereocenters. The smallest absolute Gasteiger partial charge is 0.310 e. The van der Waals surface area contributed by atoms with Crippen molar-refractivity contribution in [3.8, 4) is 22.5 Å². The molecule has 0 amide bonds. The normalized spacial score (nSPS) is 11.9. The lowest BCUT2D eigenvalue weighted by molar-refractivity contribution is -0.142. The van der Waals surface area contributed by atoms with E-state index in [2.05, 4.69) is 17.3 Å². The van der Waals surface area contributed by atoms with Crippen LogP contribution in [0.5, 0.6) is 0 Å². The maximum absolute atomic E-state index is 11.7. The molecule has 0 radical (unpaired) electrons. The highest BCUT2D eigenvalue weighted by Gasteiger charge is 2.16. The molecule has 4 aromatic rings. The lowest BCUT2D eigenvalue weighted by Gasteiger charge is -2.11. The summed E-state index contributed by atoms with van der Waals surface area (Å²) in [5, 5.41) is 14.7. The van der Waals surface area contributed by atoms with Crippen LogP contribution in [-0.2, 0) is 22.4 Å². The number of nitrogens with zero attached hydrogens (tertiary/aromatic N) is 1. The molecular weight excluding hydrogens is 438 g/mol. The molecule has 0 saturated carbocycles. The van der Waals surface area contributed by atoms with E-state index < -0.39 is 6.10 Å². The maximum Gasteiger partial charge on any atom is 0.310 e. The van der Waals surface area contributed by atoms with Crippen LogP contribution in [0.2, 0.25) is 0 Å². The van der Waals surface area contributed by atoms with Gasteiger partial charge < -0.3 is 14.4 Å². The van der Waals surface area contributed by atoms with Gasteiger partial charge in [-0.1, -0.05) is 84.0 Å². The van der Waals surface area contributed by atoms with Crippen LogP contribution in [0, 0.1) is 6.92 Å². The van der Waals surface area contributed by atoms with Crippen LogP contribution in [0.4, 0.5) is 0 Å². The average molecular weight is 470 g/mol. The number of carbonyl (C=O) groups is 1. The Kier molecular flexibility index (Phi) is 8.11. The molecule has 0 spiro atoms. The molecule has 0 bridgehead atoms. The molecule has 0 aliphatic carbocycles. The fourth-order valence-corrected chi connectivity index (χ4v) is 4.23. The molecule has 180 valence electrons. The Balaban J connectivity index is 1.41. The largest absolute Gasteiger partial charge is 0.466 e. The van der Waals surface area contributed by atoms with Gasteiger partial charge in [-0.25, -0.2) is 0 Å². The van der Waals surface area contributed by atoms with Gasteiger partial charge in [0.2, 0.25) is 0 Å². The number of hydrogen-bond acceptors (Lipinski definition) is 5. The van der Waals surface area contributed by atoms with Crippen molar-refractivity contribution in [1.82, 2.24) is 5.16 Å². The Hall–Kier alpha value is -3.70. The summed E-state index contributed by atoms with van der Waals surface area (Å²) in [6, 6.07) is 25.9. The maximum atomic E-state index is 11.7. The van der Waals surface area contributed by atoms with Gasteiger partial charge in [-0.3, -0.25) is 4.79 Å². The molecule has 0 aliphatic heterocycles. The second kappa shape index (κ2) is 11.6. The third-order valence-electron chi connectivity index (χ3n) is 6.16. The zero-order chi connectivity index (χ0) is 24.6. The van der Waals surface area contributed by atoms with Crippen molar-refractivity contribution in [3.05, 3.63) is 101 Å². The van der Waals surface area contributed by atoms with Crippen LogP contribution < -0.4 is 0 Å². The van der Waals surface area contributed by atoms with Crippen LogP contribution in [0.3, 0.4) is 0 Å². The van der Waals surface area contributed by atoms with Gasteiger partial charge >= 0.3 is 5.97 Å². The topological polar surface area (TPSA) is 72.6 Å². The first-order valence-corrected chi connectivity index (χ1v) is 12.1. The molecule has 5 heteroatoms. The first-order valence-electron chi connectivity index (χ1n) is 12.1. The Morgan fingerprint density at radius 2 is 1.57 bits per heavy atom. The number of ether oxygens (including phenoxy) is 1. The lowest BCUT2D eigenvalue weighted by atomic mass is 9.97. The fraction of sp³-hybridized carbons (Fsp3) is 0.267. The first-order chi connectivity index (χ1) is 17.0. The van der Waals surface area contributed by atoms with Gasteiger partial charge in [0, 0.05) is 11.1 Å². The summed E-state index contributed by atoms with van der Waals surface area (Å²) in [6.07, 6.45) is 2.12. The highest BCUT2D eigenvalue weighted by Crippen LogP contribution is 2.31. The highest BCUT2D eigenvalue weighted by molar-refractivity contribution is 5.74. The SMILES string of the molecule is CCOC(=O)Cc1ccc(-c2ccc(-c3onc(C)c3CCCC(O)c3ccccc3)cc2)cc1. The molecule has 1 aromatic heterocycles. The van der Waals surface area contributed by atoms with E-state index >= 15 is 0 Å². The summed E-state index contributed by atoms with van der Waals surface area (Å²) in [5.74, 6) is 0.574. The van der Waals surface area contributed by atoms with Crippen molar-refractivity contribution >= 4 is 5.97 Å². The lowest BCUT2D eigenvalue weighted by Crippen LogP contribution is -2.07. The Labute approximate surface area is 206 Å². The molecule has 4 rings (SSSR count). The number of rotatable bonds is 10. The van der Waals surface area contributed by atoms with Crippen LogP contribution in [0.15, 0.2) is 83.4 Å². The minimum atomic E-state index is -0.470. The predicted octanol–water partition coefficient (Wildman–Crippen LogP) is 6.48. The molecule has 35 heavy (non-hydrogen) atoms. The van der Waals surface area contributed by atoms with Crippen molar-refractivity contribution in [3.63, 3.8) is 0 Å². The standard InChI is InChI=1S/C30H31NO4/c1-3-34-29(33)20-22-12-14-23(15-13-22)24-16-18-26(19-17-24)30-27(21(2)31-35-30)10-7-11-28(32)25-8-5-4-6-9-25/h4-6,8-9,12-19,28,32H,3,7,10-11,20H2,1-2H3. The summed E-state index contributed by atoms with van der Waals surface area (Å²) in [6.45, 7) is 4.16. The van der Waals surface area contributed by atoms with E-state index in [4.69, 9.17) is 9.26 Å². The van der Waals surface area contributed by atoms with Crippen LogP contribution >= 0.6 is 0 Å². The van der Waals surface area contributed by atoms with Gasteiger partial charge in [0.15, 0.2) is 5.76 Å². The Bertz CT molecular complexity index is 1230. The van der Waals surface area contributed by atoms with E-state index in [-0.39, 0.29) is 12.4 Å². The molecule has 1 heterocycles. The number of aliphatic hydroxyl groups excluding tert-OH is 1. The zero-order valence-electron chi connectivity index (χ0n) is 20.2. The number of aryl methyl sites for hydroxylation is 1. The van der Waals surface area contributed by atoms with Crippen molar-refractivity contribution < 1.29 is 19.2 Å². The second-order valence-electron chi connectivity index (χ2n) is 8.65. The van der Waals surface area contributed by atoms with E-state index in [0.717, 1.165) is 57.7 Å². The summed E-state index contributed by atoms with van der Waals surface area (Å²) >= 11 is 0. The minimum Gasteiger partial charge on any atom is -0.466 e. The number of aromatic nitrogens is 1. The highest BCUT2D eigenvalue weighted by atomic mass is 16.5. The monoisotopic (exact) mass is 469 g/mol. The van der Waals surface area contributed by atoms with Gasteiger partial charge in [0.25, 0.3) is 0 Å². The quantitative estimate of drug-likeness (QED) is 0.269. The van der Waals surface area contributed by atoms with E-state index in [1.807, 2.05) is 80.6 Å². The van der Waals surface area contributed by atoms with E-state index in [9.17, 15) is 9.90 Å². The number of esters is 1. The van der Waals surface area contributed by atoms with Gasteiger partial charge in [0.1, 0.15) is 0 Å². The number of benzene rings is 3. The minimum absolute atomic E-state index is 0.211. The van der Waals surface area contributed by atoms with Crippen molar-refractivity contribution in [2.45, 2.75) is 45.6 Å². The summed E-state index contributed by atoms with van der Waals surface area (Å²) in [7, 11) is 0. The first kappa shape index (κ1) is 24.4. The zero-order valence-corrected chi connectivity index (χ0v) is 20.2. The molecule has 1 N–H and O–H groups in total. The van der Waals surface area contributed by atoms with Crippen molar-refractivity contribution in [2.24, 2.45) is 0 Å². The van der Waals surface area contributed by atoms with E-state index in [0.29, 0.717) is 13.0 Å².